The zero-order valence-electron chi connectivity index (χ0n) is 10.3. The van der Waals surface area contributed by atoms with Crippen molar-refractivity contribution < 1.29 is 14.3 Å². The quantitative estimate of drug-likeness (QED) is 0.736. The van der Waals surface area contributed by atoms with E-state index in [4.69, 9.17) is 15.7 Å². The second kappa shape index (κ2) is 6.47. The number of carbonyl (C=O) groups is 1. The fourth-order valence-corrected chi connectivity index (χ4v) is 1.47. The number of rotatable bonds is 5. The van der Waals surface area contributed by atoms with Gasteiger partial charge in [-0.3, -0.25) is 0 Å². The molecule has 1 atom stereocenters. The Bertz CT molecular complexity index is 468. The molecule has 0 bridgehead atoms. The molecule has 0 aliphatic carbocycles. The molecule has 0 radical (unpaired) electrons. The number of methoxy groups -OCH3 is 2. The summed E-state index contributed by atoms with van der Waals surface area (Å²) in [7, 11) is 2.76. The minimum atomic E-state index is -0.724. The summed E-state index contributed by atoms with van der Waals surface area (Å²) in [6.45, 7) is 0.0512. The van der Waals surface area contributed by atoms with E-state index in [0.29, 0.717) is 17.0 Å². The van der Waals surface area contributed by atoms with Crippen molar-refractivity contribution in [3.05, 3.63) is 23.8 Å². The van der Waals surface area contributed by atoms with E-state index < -0.39 is 12.0 Å². The molecule has 0 amide bonds. The molecule has 0 aliphatic rings. The Morgan fingerprint density at radius 2 is 2.28 bits per heavy atom. The highest BCUT2D eigenvalue weighted by Crippen LogP contribution is 2.28. The lowest BCUT2D eigenvalue weighted by atomic mass is 10.1. The molecule has 0 heterocycles. The third-order valence-electron chi connectivity index (χ3n) is 2.41. The first kappa shape index (κ1) is 13.8. The van der Waals surface area contributed by atoms with Crippen LogP contribution in [0.15, 0.2) is 18.2 Å². The first-order valence-electron chi connectivity index (χ1n) is 5.29. The highest BCUT2D eigenvalue weighted by molar-refractivity contribution is 5.81. The number of para-hydroxylation sites is 1. The molecule has 0 fully saturated rings. The van der Waals surface area contributed by atoms with Crippen LogP contribution in [0.3, 0.4) is 0 Å². The number of nitrogens with zero attached hydrogens (tertiary/aromatic N) is 1. The van der Waals surface area contributed by atoms with Gasteiger partial charge in [0, 0.05) is 6.54 Å². The van der Waals surface area contributed by atoms with E-state index in [9.17, 15) is 4.79 Å². The van der Waals surface area contributed by atoms with Gasteiger partial charge in [0.1, 0.15) is 17.9 Å². The van der Waals surface area contributed by atoms with Crippen LogP contribution in [0.25, 0.3) is 0 Å². The number of nitrogens with two attached hydrogens (primary N) is 1. The summed E-state index contributed by atoms with van der Waals surface area (Å²) in [6, 6.07) is 6.30. The molecule has 1 rings (SSSR count). The summed E-state index contributed by atoms with van der Waals surface area (Å²) in [4.78, 5) is 11.5. The third kappa shape index (κ3) is 2.90. The van der Waals surface area contributed by atoms with Gasteiger partial charge in [-0.25, -0.2) is 4.79 Å². The van der Waals surface area contributed by atoms with Crippen LogP contribution >= 0.6 is 0 Å². The standard InChI is InChI=1S/C12H15N3O3/c1-17-10-5-3-4-8(6-13)11(10)15-9(7-14)12(16)18-2/h3-5,9,15H,7,14H2,1-2H3. The molecule has 96 valence electrons. The zero-order valence-corrected chi connectivity index (χ0v) is 10.3. The highest BCUT2D eigenvalue weighted by Gasteiger charge is 2.20. The van der Waals surface area contributed by atoms with Gasteiger partial charge in [0.25, 0.3) is 0 Å². The second-order valence-corrected chi connectivity index (χ2v) is 3.45. The van der Waals surface area contributed by atoms with E-state index in [1.807, 2.05) is 6.07 Å². The number of benzene rings is 1. The van der Waals surface area contributed by atoms with Gasteiger partial charge >= 0.3 is 5.97 Å². The van der Waals surface area contributed by atoms with Crippen molar-refractivity contribution in [3.63, 3.8) is 0 Å². The van der Waals surface area contributed by atoms with E-state index in [-0.39, 0.29) is 6.54 Å². The van der Waals surface area contributed by atoms with Gasteiger partial charge in [-0.1, -0.05) is 6.07 Å². The van der Waals surface area contributed by atoms with E-state index in [1.165, 1.54) is 14.2 Å². The van der Waals surface area contributed by atoms with Crippen molar-refractivity contribution in [2.45, 2.75) is 6.04 Å². The smallest absolute Gasteiger partial charge is 0.329 e. The van der Waals surface area contributed by atoms with Crippen LogP contribution in [0.4, 0.5) is 5.69 Å². The van der Waals surface area contributed by atoms with Crippen LogP contribution in [0, 0.1) is 11.3 Å². The van der Waals surface area contributed by atoms with Gasteiger partial charge in [0.2, 0.25) is 0 Å². The van der Waals surface area contributed by atoms with Crippen LogP contribution < -0.4 is 15.8 Å². The molecule has 0 aromatic heterocycles. The van der Waals surface area contributed by atoms with Crippen molar-refractivity contribution in [1.82, 2.24) is 0 Å². The van der Waals surface area contributed by atoms with E-state index in [0.717, 1.165) is 0 Å². The number of ether oxygens (including phenoxy) is 2. The molecule has 0 saturated heterocycles. The minimum absolute atomic E-state index is 0.0512. The molecule has 6 heteroatoms. The summed E-state index contributed by atoms with van der Waals surface area (Å²) in [6.07, 6.45) is 0. The van der Waals surface area contributed by atoms with E-state index >= 15 is 0 Å². The molecule has 18 heavy (non-hydrogen) atoms. The Morgan fingerprint density at radius 3 is 2.78 bits per heavy atom. The Kier molecular flexibility index (Phi) is 4.96. The average Bonchev–Trinajstić information content (AvgIpc) is 2.43. The molecule has 1 aromatic rings. The molecular formula is C12H15N3O3. The Hall–Kier alpha value is -2.26. The lowest BCUT2D eigenvalue weighted by molar-refractivity contribution is -0.141. The average molecular weight is 249 g/mol. The molecule has 0 saturated carbocycles. The Morgan fingerprint density at radius 1 is 1.56 bits per heavy atom. The van der Waals surface area contributed by atoms with Crippen molar-refractivity contribution in [2.24, 2.45) is 5.73 Å². The lowest BCUT2D eigenvalue weighted by Crippen LogP contribution is -2.37. The molecular weight excluding hydrogens is 234 g/mol. The van der Waals surface area contributed by atoms with Gasteiger partial charge in [-0.05, 0) is 12.1 Å². The molecule has 1 unspecified atom stereocenters. The monoisotopic (exact) mass is 249 g/mol. The number of nitriles is 1. The normalized spacial score (nSPS) is 11.2. The minimum Gasteiger partial charge on any atom is -0.495 e. The van der Waals surface area contributed by atoms with Crippen molar-refractivity contribution in [1.29, 1.82) is 5.26 Å². The summed E-state index contributed by atoms with van der Waals surface area (Å²) >= 11 is 0. The van der Waals surface area contributed by atoms with Gasteiger partial charge in [-0.15, -0.1) is 0 Å². The van der Waals surface area contributed by atoms with Crippen LogP contribution in [-0.2, 0) is 9.53 Å². The summed E-state index contributed by atoms with van der Waals surface area (Å²) in [5.41, 5.74) is 6.30. The highest BCUT2D eigenvalue weighted by atomic mass is 16.5. The largest absolute Gasteiger partial charge is 0.495 e. The number of anilines is 1. The second-order valence-electron chi connectivity index (χ2n) is 3.45. The fraction of sp³-hybridized carbons (Fsp3) is 0.333. The lowest BCUT2D eigenvalue weighted by Gasteiger charge is -2.18. The van der Waals surface area contributed by atoms with Crippen molar-refractivity contribution >= 4 is 11.7 Å². The van der Waals surface area contributed by atoms with Gasteiger partial charge < -0.3 is 20.5 Å². The van der Waals surface area contributed by atoms with Gasteiger partial charge in [-0.2, -0.15) is 5.26 Å². The SMILES string of the molecule is COC(=O)C(CN)Nc1c(C#N)cccc1OC. The summed E-state index contributed by atoms with van der Waals surface area (Å²) < 4.78 is 9.76. The maximum Gasteiger partial charge on any atom is 0.329 e. The van der Waals surface area contributed by atoms with E-state index in [1.54, 1.807) is 18.2 Å². The van der Waals surface area contributed by atoms with Crippen molar-refractivity contribution in [3.8, 4) is 11.8 Å². The third-order valence-corrected chi connectivity index (χ3v) is 2.41. The molecule has 0 aliphatic heterocycles. The molecule has 6 nitrogen and oxygen atoms in total. The summed E-state index contributed by atoms with van der Waals surface area (Å²) in [5.74, 6) is -0.0244. The fourth-order valence-electron chi connectivity index (χ4n) is 1.47. The Labute approximate surface area is 105 Å². The number of nitrogens with one attached hydrogen (secondary N) is 1. The van der Waals surface area contributed by atoms with Gasteiger partial charge in [0.05, 0.1) is 25.5 Å². The maximum atomic E-state index is 11.5. The molecule has 3 N–H and O–H groups in total. The number of hydrogen-bond acceptors (Lipinski definition) is 6. The van der Waals surface area contributed by atoms with E-state index in [2.05, 4.69) is 10.1 Å². The number of carbonyl (C=O) groups excluding carboxylic acids is 1. The number of esters is 1. The first-order chi connectivity index (χ1) is 8.67. The van der Waals surface area contributed by atoms with Crippen LogP contribution in [0.1, 0.15) is 5.56 Å². The maximum absolute atomic E-state index is 11.5. The number of hydrogen-bond donors (Lipinski definition) is 2. The molecule has 0 spiro atoms. The topological polar surface area (TPSA) is 97.4 Å². The molecule has 1 aromatic carbocycles. The summed E-state index contributed by atoms with van der Waals surface area (Å²) in [5, 5.41) is 11.9. The van der Waals surface area contributed by atoms with Crippen molar-refractivity contribution in [2.75, 3.05) is 26.1 Å². The first-order valence-corrected chi connectivity index (χ1v) is 5.29. The Balaban J connectivity index is 3.08. The van der Waals surface area contributed by atoms with Gasteiger partial charge in [0.15, 0.2) is 0 Å². The van der Waals surface area contributed by atoms with Crippen LogP contribution in [0.2, 0.25) is 0 Å². The van der Waals surface area contributed by atoms with Crippen LogP contribution in [-0.4, -0.2) is 32.8 Å². The zero-order chi connectivity index (χ0) is 13.5. The predicted octanol–water partition coefficient (Wildman–Crippen LogP) is 0.479. The van der Waals surface area contributed by atoms with Crippen LogP contribution in [0.5, 0.6) is 5.75 Å². The predicted molar refractivity (Wildman–Crippen MR) is 66.2 cm³/mol.